The Balaban J connectivity index is 2.15. The molecule has 0 aliphatic heterocycles. The Morgan fingerprint density at radius 2 is 1.79 bits per heavy atom. The molecule has 0 amide bonds. The van der Waals surface area contributed by atoms with Gasteiger partial charge < -0.3 is 4.74 Å². The molecular formula is C16H15ClO2. The van der Waals surface area contributed by atoms with Crippen molar-refractivity contribution in [1.29, 1.82) is 0 Å². The van der Waals surface area contributed by atoms with Crippen molar-refractivity contribution in [2.75, 3.05) is 0 Å². The van der Waals surface area contributed by atoms with Gasteiger partial charge in [0.25, 0.3) is 0 Å². The predicted molar refractivity (Wildman–Crippen MR) is 77.1 cm³/mol. The fraction of sp³-hybridized carbons (Fsp3) is 0.188. The number of aldehydes is 1. The zero-order valence-electron chi connectivity index (χ0n) is 10.9. The first-order valence-corrected chi connectivity index (χ1v) is 6.41. The summed E-state index contributed by atoms with van der Waals surface area (Å²) in [7, 11) is 0. The fourth-order valence-corrected chi connectivity index (χ4v) is 2.02. The van der Waals surface area contributed by atoms with Gasteiger partial charge in [0.05, 0.1) is 0 Å². The van der Waals surface area contributed by atoms with Crippen LogP contribution in [0.3, 0.4) is 0 Å². The Morgan fingerprint density at radius 3 is 2.42 bits per heavy atom. The van der Waals surface area contributed by atoms with Gasteiger partial charge in [0, 0.05) is 10.6 Å². The van der Waals surface area contributed by atoms with E-state index in [0.29, 0.717) is 17.2 Å². The minimum Gasteiger partial charge on any atom is -0.489 e. The number of ether oxygens (including phenoxy) is 1. The van der Waals surface area contributed by atoms with E-state index in [2.05, 4.69) is 0 Å². The van der Waals surface area contributed by atoms with Crippen molar-refractivity contribution < 1.29 is 9.53 Å². The van der Waals surface area contributed by atoms with Gasteiger partial charge in [-0.05, 0) is 60.9 Å². The van der Waals surface area contributed by atoms with Crippen molar-refractivity contribution in [3.63, 3.8) is 0 Å². The average molecular weight is 275 g/mol. The molecule has 0 saturated carbocycles. The topological polar surface area (TPSA) is 26.3 Å². The van der Waals surface area contributed by atoms with Crippen LogP contribution in [0.4, 0.5) is 0 Å². The number of aryl methyl sites for hydroxylation is 2. The molecule has 2 nitrogen and oxygen atoms in total. The van der Waals surface area contributed by atoms with E-state index in [1.165, 1.54) is 0 Å². The Hall–Kier alpha value is -1.80. The van der Waals surface area contributed by atoms with Crippen LogP contribution < -0.4 is 4.74 Å². The standard InChI is InChI=1S/C16H15ClO2/c1-11-7-12(2)14(8-13(11)9-18)10-19-16-5-3-15(17)4-6-16/h3-9H,10H2,1-2H3. The molecule has 98 valence electrons. The zero-order chi connectivity index (χ0) is 13.8. The molecule has 2 rings (SSSR count). The number of benzene rings is 2. The van der Waals surface area contributed by atoms with Crippen molar-refractivity contribution >= 4 is 17.9 Å². The summed E-state index contributed by atoms with van der Waals surface area (Å²) in [6, 6.07) is 11.1. The maximum Gasteiger partial charge on any atom is 0.150 e. The number of halogens is 1. The summed E-state index contributed by atoms with van der Waals surface area (Å²) in [6.07, 6.45) is 0.876. The molecule has 0 aromatic heterocycles. The van der Waals surface area contributed by atoms with Crippen molar-refractivity contribution in [3.8, 4) is 5.75 Å². The molecule has 0 bridgehead atoms. The molecular weight excluding hydrogens is 260 g/mol. The van der Waals surface area contributed by atoms with Gasteiger partial charge in [-0.1, -0.05) is 17.7 Å². The molecule has 0 saturated heterocycles. The number of hydrogen-bond donors (Lipinski definition) is 0. The summed E-state index contributed by atoms with van der Waals surface area (Å²) < 4.78 is 5.69. The van der Waals surface area contributed by atoms with Gasteiger partial charge in [-0.3, -0.25) is 4.79 Å². The SMILES string of the molecule is Cc1cc(C)c(COc2ccc(Cl)cc2)cc1C=O. The first kappa shape index (κ1) is 13.6. The Kier molecular flexibility index (Phi) is 4.23. The summed E-state index contributed by atoms with van der Waals surface area (Å²) in [5.41, 5.74) is 3.84. The fourth-order valence-electron chi connectivity index (χ4n) is 1.89. The summed E-state index contributed by atoms with van der Waals surface area (Å²) in [5.74, 6) is 0.761. The Morgan fingerprint density at radius 1 is 1.11 bits per heavy atom. The molecule has 0 heterocycles. The van der Waals surface area contributed by atoms with Crippen LogP contribution >= 0.6 is 11.6 Å². The smallest absolute Gasteiger partial charge is 0.150 e. The van der Waals surface area contributed by atoms with Gasteiger partial charge in [0.15, 0.2) is 0 Å². The molecule has 0 unspecified atom stereocenters. The zero-order valence-corrected chi connectivity index (χ0v) is 11.7. The first-order valence-electron chi connectivity index (χ1n) is 6.04. The molecule has 0 N–H and O–H groups in total. The minimum absolute atomic E-state index is 0.439. The summed E-state index contributed by atoms with van der Waals surface area (Å²) in [6.45, 7) is 4.39. The second kappa shape index (κ2) is 5.89. The highest BCUT2D eigenvalue weighted by Crippen LogP contribution is 2.19. The van der Waals surface area contributed by atoms with Crippen molar-refractivity contribution in [1.82, 2.24) is 0 Å². The minimum atomic E-state index is 0.439. The molecule has 0 spiro atoms. The molecule has 0 radical (unpaired) electrons. The van der Waals surface area contributed by atoms with Gasteiger partial charge in [-0.15, -0.1) is 0 Å². The quantitative estimate of drug-likeness (QED) is 0.775. The number of carbonyl (C=O) groups is 1. The normalized spacial score (nSPS) is 10.3. The average Bonchev–Trinajstić information content (AvgIpc) is 2.40. The maximum atomic E-state index is 10.9. The van der Waals surface area contributed by atoms with Crippen molar-refractivity contribution in [2.24, 2.45) is 0 Å². The molecule has 2 aromatic rings. The Bertz CT molecular complexity index is 588. The van der Waals surface area contributed by atoms with Gasteiger partial charge in [-0.25, -0.2) is 0 Å². The molecule has 3 heteroatoms. The van der Waals surface area contributed by atoms with Gasteiger partial charge >= 0.3 is 0 Å². The first-order chi connectivity index (χ1) is 9.10. The molecule has 0 aliphatic carbocycles. The maximum absolute atomic E-state index is 10.9. The highest BCUT2D eigenvalue weighted by molar-refractivity contribution is 6.30. The highest BCUT2D eigenvalue weighted by atomic mass is 35.5. The molecule has 0 atom stereocenters. The van der Waals surface area contributed by atoms with Crippen molar-refractivity contribution in [2.45, 2.75) is 20.5 Å². The third-order valence-corrected chi connectivity index (χ3v) is 3.31. The van der Waals surface area contributed by atoms with E-state index in [1.54, 1.807) is 12.1 Å². The summed E-state index contributed by atoms with van der Waals surface area (Å²) in [4.78, 5) is 10.9. The second-order valence-corrected chi connectivity index (χ2v) is 4.93. The lowest BCUT2D eigenvalue weighted by Gasteiger charge is -2.11. The largest absolute Gasteiger partial charge is 0.489 e. The molecule has 2 aromatic carbocycles. The van der Waals surface area contributed by atoms with E-state index < -0.39 is 0 Å². The summed E-state index contributed by atoms with van der Waals surface area (Å²) >= 11 is 5.82. The van der Waals surface area contributed by atoms with E-state index in [4.69, 9.17) is 16.3 Å². The van der Waals surface area contributed by atoms with E-state index in [9.17, 15) is 4.79 Å². The van der Waals surface area contributed by atoms with Crippen LogP contribution in [0.1, 0.15) is 27.0 Å². The molecule has 0 aliphatic rings. The number of rotatable bonds is 4. The van der Waals surface area contributed by atoms with Gasteiger partial charge in [0.2, 0.25) is 0 Å². The number of hydrogen-bond acceptors (Lipinski definition) is 2. The van der Waals surface area contributed by atoms with Crippen LogP contribution in [-0.2, 0) is 6.61 Å². The summed E-state index contributed by atoms with van der Waals surface area (Å²) in [5, 5.41) is 0.683. The van der Waals surface area contributed by atoms with Gasteiger partial charge in [0.1, 0.15) is 18.6 Å². The van der Waals surface area contributed by atoms with Gasteiger partial charge in [-0.2, -0.15) is 0 Å². The van der Waals surface area contributed by atoms with E-state index >= 15 is 0 Å². The Labute approximate surface area is 118 Å². The lowest BCUT2D eigenvalue weighted by Crippen LogP contribution is -2.00. The molecule has 0 fully saturated rings. The molecule has 19 heavy (non-hydrogen) atoms. The van der Waals surface area contributed by atoms with Crippen LogP contribution in [0, 0.1) is 13.8 Å². The van der Waals surface area contributed by atoms with Crippen LogP contribution in [0.25, 0.3) is 0 Å². The van der Waals surface area contributed by atoms with Crippen LogP contribution in [0.2, 0.25) is 5.02 Å². The van der Waals surface area contributed by atoms with E-state index in [0.717, 1.165) is 28.7 Å². The van der Waals surface area contributed by atoms with Crippen LogP contribution in [0.15, 0.2) is 36.4 Å². The third-order valence-electron chi connectivity index (χ3n) is 3.06. The highest BCUT2D eigenvalue weighted by Gasteiger charge is 2.05. The lowest BCUT2D eigenvalue weighted by molar-refractivity contribution is 0.112. The number of carbonyl (C=O) groups excluding carboxylic acids is 1. The van der Waals surface area contributed by atoms with Crippen LogP contribution in [0.5, 0.6) is 5.75 Å². The predicted octanol–water partition coefficient (Wildman–Crippen LogP) is 4.35. The van der Waals surface area contributed by atoms with Crippen LogP contribution in [-0.4, -0.2) is 6.29 Å². The monoisotopic (exact) mass is 274 g/mol. The van der Waals surface area contributed by atoms with E-state index in [1.807, 2.05) is 38.1 Å². The van der Waals surface area contributed by atoms with Crippen molar-refractivity contribution in [3.05, 3.63) is 63.7 Å². The third kappa shape index (κ3) is 3.36. The second-order valence-electron chi connectivity index (χ2n) is 4.50. The lowest BCUT2D eigenvalue weighted by atomic mass is 10.0. The van der Waals surface area contributed by atoms with E-state index in [-0.39, 0.29) is 0 Å².